The van der Waals surface area contributed by atoms with Crippen LogP contribution in [-0.4, -0.2) is 30.3 Å². The summed E-state index contributed by atoms with van der Waals surface area (Å²) in [6, 6.07) is 7.28. The maximum Gasteiger partial charge on any atom is 0.251 e. The molecule has 0 saturated heterocycles. The van der Waals surface area contributed by atoms with Gasteiger partial charge in [-0.15, -0.1) is 0 Å². The summed E-state index contributed by atoms with van der Waals surface area (Å²) in [6.07, 6.45) is 1.62. The Hall–Kier alpha value is -1.39. The average molecular weight is 293 g/mol. The number of hydrogen-bond acceptors (Lipinski definition) is 3. The number of carbonyl (C=O) groups is 1. The molecule has 1 aromatic carbocycles. The van der Waals surface area contributed by atoms with E-state index in [9.17, 15) is 9.90 Å². The van der Waals surface area contributed by atoms with E-state index < -0.39 is 5.60 Å². The molecule has 4 heteroatoms. The van der Waals surface area contributed by atoms with E-state index in [4.69, 9.17) is 4.74 Å². The summed E-state index contributed by atoms with van der Waals surface area (Å²) >= 11 is 0. The Labute approximate surface area is 127 Å². The molecule has 1 rings (SSSR count). The Morgan fingerprint density at radius 3 is 2.48 bits per heavy atom. The molecule has 0 fully saturated rings. The molecule has 1 amide bonds. The molecule has 1 atom stereocenters. The Bertz CT molecular complexity index is 438. The first-order valence-electron chi connectivity index (χ1n) is 7.42. The number of benzene rings is 1. The lowest BCUT2D eigenvalue weighted by molar-refractivity contribution is 0.0429. The van der Waals surface area contributed by atoms with Crippen molar-refractivity contribution in [3.8, 4) is 0 Å². The lowest BCUT2D eigenvalue weighted by Crippen LogP contribution is -2.40. The first kappa shape index (κ1) is 17.7. The van der Waals surface area contributed by atoms with Gasteiger partial charge in [-0.2, -0.15) is 0 Å². The predicted molar refractivity (Wildman–Crippen MR) is 84.2 cm³/mol. The summed E-state index contributed by atoms with van der Waals surface area (Å²) in [7, 11) is 1.64. The smallest absolute Gasteiger partial charge is 0.251 e. The normalized spacial score (nSPS) is 14.0. The van der Waals surface area contributed by atoms with Crippen LogP contribution in [-0.2, 0) is 11.3 Å². The quantitative estimate of drug-likeness (QED) is 0.775. The van der Waals surface area contributed by atoms with Crippen molar-refractivity contribution in [3.05, 3.63) is 35.4 Å². The molecule has 118 valence electrons. The summed E-state index contributed by atoms with van der Waals surface area (Å²) in [5, 5.41) is 13.0. The van der Waals surface area contributed by atoms with Crippen molar-refractivity contribution >= 4 is 5.91 Å². The highest BCUT2D eigenvalue weighted by Crippen LogP contribution is 2.15. The molecule has 2 N–H and O–H groups in total. The van der Waals surface area contributed by atoms with E-state index in [1.54, 1.807) is 26.2 Å². The molecule has 0 aliphatic heterocycles. The fraction of sp³-hybridized carbons (Fsp3) is 0.588. The Balaban J connectivity index is 2.49. The summed E-state index contributed by atoms with van der Waals surface area (Å²) in [6.45, 7) is 6.80. The van der Waals surface area contributed by atoms with Gasteiger partial charge in [0.25, 0.3) is 5.91 Å². The first-order valence-corrected chi connectivity index (χ1v) is 7.42. The molecule has 1 unspecified atom stereocenters. The van der Waals surface area contributed by atoms with E-state index in [0.717, 1.165) is 12.0 Å². The lowest BCUT2D eigenvalue weighted by atomic mass is 9.95. The van der Waals surface area contributed by atoms with Gasteiger partial charge in [-0.1, -0.05) is 26.0 Å². The number of aliphatic hydroxyl groups is 1. The molecule has 0 heterocycles. The van der Waals surface area contributed by atoms with Crippen LogP contribution < -0.4 is 5.32 Å². The number of nitrogens with one attached hydrogen (secondary N) is 1. The van der Waals surface area contributed by atoms with Gasteiger partial charge in [-0.3, -0.25) is 4.79 Å². The van der Waals surface area contributed by atoms with Gasteiger partial charge in [0.1, 0.15) is 0 Å². The van der Waals surface area contributed by atoms with Gasteiger partial charge >= 0.3 is 0 Å². The monoisotopic (exact) mass is 293 g/mol. The highest BCUT2D eigenvalue weighted by atomic mass is 16.5. The second-order valence-corrected chi connectivity index (χ2v) is 6.24. The van der Waals surface area contributed by atoms with E-state index in [-0.39, 0.29) is 12.5 Å². The van der Waals surface area contributed by atoms with Crippen LogP contribution >= 0.6 is 0 Å². The number of rotatable bonds is 8. The van der Waals surface area contributed by atoms with Crippen LogP contribution in [0.4, 0.5) is 0 Å². The van der Waals surface area contributed by atoms with Crippen LogP contribution in [0.2, 0.25) is 0 Å². The van der Waals surface area contributed by atoms with Crippen LogP contribution in [0.5, 0.6) is 0 Å². The minimum absolute atomic E-state index is 0.163. The minimum atomic E-state index is -0.865. The predicted octanol–water partition coefficient (Wildman–Crippen LogP) is 2.75. The van der Waals surface area contributed by atoms with Crippen LogP contribution in [0, 0.1) is 5.92 Å². The van der Waals surface area contributed by atoms with E-state index in [1.807, 2.05) is 12.1 Å². The Morgan fingerprint density at radius 1 is 1.33 bits per heavy atom. The lowest BCUT2D eigenvalue weighted by Gasteiger charge is -2.24. The van der Waals surface area contributed by atoms with Crippen LogP contribution in [0.1, 0.15) is 49.5 Å². The Kier molecular flexibility index (Phi) is 6.85. The van der Waals surface area contributed by atoms with Gasteiger partial charge in [0, 0.05) is 19.2 Å². The number of ether oxygens (including phenoxy) is 1. The van der Waals surface area contributed by atoms with E-state index in [1.165, 1.54) is 0 Å². The van der Waals surface area contributed by atoms with E-state index >= 15 is 0 Å². The number of methoxy groups -OCH3 is 1. The van der Waals surface area contributed by atoms with E-state index in [0.29, 0.717) is 24.5 Å². The molecule has 0 aliphatic carbocycles. The zero-order chi connectivity index (χ0) is 15.9. The molecule has 0 aliphatic rings. The number of amides is 1. The molecule has 21 heavy (non-hydrogen) atoms. The van der Waals surface area contributed by atoms with Crippen molar-refractivity contribution in [2.75, 3.05) is 13.7 Å². The van der Waals surface area contributed by atoms with Crippen molar-refractivity contribution in [2.45, 2.75) is 45.8 Å². The van der Waals surface area contributed by atoms with Gasteiger partial charge in [-0.25, -0.2) is 0 Å². The van der Waals surface area contributed by atoms with Crippen molar-refractivity contribution in [1.82, 2.24) is 5.32 Å². The van der Waals surface area contributed by atoms with Crippen molar-refractivity contribution < 1.29 is 14.6 Å². The topological polar surface area (TPSA) is 58.6 Å². The van der Waals surface area contributed by atoms with Gasteiger partial charge in [0.15, 0.2) is 0 Å². The number of carbonyl (C=O) groups excluding carboxylic acids is 1. The van der Waals surface area contributed by atoms with Crippen molar-refractivity contribution in [3.63, 3.8) is 0 Å². The van der Waals surface area contributed by atoms with Gasteiger partial charge in [0.05, 0.1) is 12.2 Å². The largest absolute Gasteiger partial charge is 0.388 e. The van der Waals surface area contributed by atoms with Crippen LogP contribution in [0.25, 0.3) is 0 Å². The van der Waals surface area contributed by atoms with Crippen LogP contribution in [0.3, 0.4) is 0 Å². The molecule has 0 radical (unpaired) electrons. The summed E-state index contributed by atoms with van der Waals surface area (Å²) in [5.74, 6) is 0.379. The average Bonchev–Trinajstić information content (AvgIpc) is 2.44. The van der Waals surface area contributed by atoms with Gasteiger partial charge in [0.2, 0.25) is 0 Å². The summed E-state index contributed by atoms with van der Waals surface area (Å²) < 4.78 is 5.03. The molecular weight excluding hydrogens is 266 g/mol. The highest BCUT2D eigenvalue weighted by Gasteiger charge is 2.21. The minimum Gasteiger partial charge on any atom is -0.388 e. The highest BCUT2D eigenvalue weighted by molar-refractivity contribution is 5.94. The third-order valence-corrected chi connectivity index (χ3v) is 3.42. The zero-order valence-electron chi connectivity index (χ0n) is 13.5. The molecule has 0 spiro atoms. The van der Waals surface area contributed by atoms with Crippen molar-refractivity contribution in [1.29, 1.82) is 0 Å². The SMILES string of the molecule is COCc1ccc(C(=O)NCC(C)(O)CCC(C)C)cc1. The molecule has 0 bridgehead atoms. The molecule has 4 nitrogen and oxygen atoms in total. The molecule has 0 saturated carbocycles. The maximum atomic E-state index is 12.0. The van der Waals surface area contributed by atoms with Gasteiger partial charge < -0.3 is 15.2 Å². The third-order valence-electron chi connectivity index (χ3n) is 3.42. The van der Waals surface area contributed by atoms with Crippen LogP contribution in [0.15, 0.2) is 24.3 Å². The number of hydrogen-bond donors (Lipinski definition) is 2. The molecule has 1 aromatic rings. The molecular formula is C17H27NO3. The fourth-order valence-electron chi connectivity index (χ4n) is 1.98. The second kappa shape index (κ2) is 8.15. The molecule has 0 aromatic heterocycles. The van der Waals surface area contributed by atoms with E-state index in [2.05, 4.69) is 19.2 Å². The summed E-state index contributed by atoms with van der Waals surface area (Å²) in [4.78, 5) is 12.0. The first-order chi connectivity index (χ1) is 9.84. The van der Waals surface area contributed by atoms with Crippen molar-refractivity contribution in [2.24, 2.45) is 5.92 Å². The second-order valence-electron chi connectivity index (χ2n) is 6.24. The standard InChI is InChI=1S/C17H27NO3/c1-13(2)9-10-17(3,20)12-18-16(19)15-7-5-14(6-8-15)11-21-4/h5-8,13,20H,9-12H2,1-4H3,(H,18,19). The zero-order valence-corrected chi connectivity index (χ0v) is 13.5. The third kappa shape index (κ3) is 6.74. The van der Waals surface area contributed by atoms with Gasteiger partial charge in [-0.05, 0) is 43.4 Å². The Morgan fingerprint density at radius 2 is 1.95 bits per heavy atom. The summed E-state index contributed by atoms with van der Waals surface area (Å²) in [5.41, 5.74) is 0.753. The maximum absolute atomic E-state index is 12.0. The fourth-order valence-corrected chi connectivity index (χ4v) is 1.98.